The van der Waals surface area contributed by atoms with Crippen molar-refractivity contribution in [2.75, 3.05) is 44.2 Å². The first-order chi connectivity index (χ1) is 10.3. The van der Waals surface area contributed by atoms with Gasteiger partial charge in [0.2, 0.25) is 5.95 Å². The topological polar surface area (TPSA) is 41.5 Å². The van der Waals surface area contributed by atoms with Crippen LogP contribution in [0.3, 0.4) is 0 Å². The Labute approximate surface area is 127 Å². The zero-order chi connectivity index (χ0) is 14.5. The van der Waals surface area contributed by atoms with Gasteiger partial charge in [-0.15, -0.1) is 0 Å². The van der Waals surface area contributed by atoms with Crippen molar-refractivity contribution in [3.63, 3.8) is 0 Å². The van der Waals surface area contributed by atoms with Gasteiger partial charge in [-0.3, -0.25) is 0 Å². The van der Waals surface area contributed by atoms with Crippen molar-refractivity contribution in [1.29, 1.82) is 0 Å². The number of likely N-dealkylation sites (tertiary alicyclic amines) is 1. The molecular weight excluding hydrogens is 264 g/mol. The standard InChI is InChI=1S/C16H26N4O/c1-14-10-17-16(18-11-14)20-8-5-9-21-15(13-20)12-19-6-3-2-4-7-19/h10-11,15H,2-9,12-13H2,1H3/t15-/m0/s1. The van der Waals surface area contributed by atoms with Gasteiger partial charge in [0.15, 0.2) is 0 Å². The second-order valence-corrected chi connectivity index (χ2v) is 6.21. The van der Waals surface area contributed by atoms with Crippen molar-refractivity contribution >= 4 is 5.95 Å². The van der Waals surface area contributed by atoms with Gasteiger partial charge < -0.3 is 14.5 Å². The highest BCUT2D eigenvalue weighted by Crippen LogP contribution is 2.16. The molecule has 1 atom stereocenters. The van der Waals surface area contributed by atoms with E-state index < -0.39 is 0 Å². The van der Waals surface area contributed by atoms with E-state index in [4.69, 9.17) is 4.74 Å². The van der Waals surface area contributed by atoms with E-state index in [1.807, 2.05) is 19.3 Å². The molecule has 21 heavy (non-hydrogen) atoms. The minimum Gasteiger partial charge on any atom is -0.375 e. The lowest BCUT2D eigenvalue weighted by Crippen LogP contribution is -2.42. The number of aryl methyl sites for hydroxylation is 1. The molecule has 2 saturated heterocycles. The molecule has 2 aliphatic rings. The van der Waals surface area contributed by atoms with Crippen molar-refractivity contribution in [3.8, 4) is 0 Å². The summed E-state index contributed by atoms with van der Waals surface area (Å²) in [5, 5.41) is 0. The predicted molar refractivity (Wildman–Crippen MR) is 83.6 cm³/mol. The first-order valence-electron chi connectivity index (χ1n) is 8.19. The van der Waals surface area contributed by atoms with Crippen LogP contribution in [0.4, 0.5) is 5.95 Å². The average molecular weight is 290 g/mol. The summed E-state index contributed by atoms with van der Waals surface area (Å²) in [5.74, 6) is 0.842. The van der Waals surface area contributed by atoms with Crippen LogP contribution >= 0.6 is 0 Å². The lowest BCUT2D eigenvalue weighted by Gasteiger charge is -2.31. The van der Waals surface area contributed by atoms with Gasteiger partial charge in [-0.1, -0.05) is 6.42 Å². The number of piperidine rings is 1. The molecule has 0 N–H and O–H groups in total. The molecule has 5 heteroatoms. The summed E-state index contributed by atoms with van der Waals surface area (Å²) < 4.78 is 6.04. The highest BCUT2D eigenvalue weighted by Gasteiger charge is 2.23. The van der Waals surface area contributed by atoms with Gasteiger partial charge in [0, 0.05) is 38.6 Å². The molecule has 0 saturated carbocycles. The SMILES string of the molecule is Cc1cnc(N2CCCO[C@@H](CN3CCCCC3)C2)nc1. The zero-order valence-corrected chi connectivity index (χ0v) is 13.0. The van der Waals surface area contributed by atoms with E-state index in [0.29, 0.717) is 0 Å². The maximum absolute atomic E-state index is 6.04. The van der Waals surface area contributed by atoms with Gasteiger partial charge in [-0.2, -0.15) is 0 Å². The summed E-state index contributed by atoms with van der Waals surface area (Å²) in [6, 6.07) is 0. The number of hydrogen-bond acceptors (Lipinski definition) is 5. The molecule has 2 fully saturated rings. The minimum atomic E-state index is 0.274. The molecule has 116 valence electrons. The van der Waals surface area contributed by atoms with Gasteiger partial charge in [-0.05, 0) is 44.8 Å². The summed E-state index contributed by atoms with van der Waals surface area (Å²) in [6.45, 7) is 8.25. The fourth-order valence-corrected chi connectivity index (χ4v) is 3.17. The number of hydrogen-bond donors (Lipinski definition) is 0. The first-order valence-corrected chi connectivity index (χ1v) is 8.19. The van der Waals surface area contributed by atoms with Gasteiger partial charge in [-0.25, -0.2) is 9.97 Å². The van der Waals surface area contributed by atoms with Crippen LogP contribution in [-0.2, 0) is 4.74 Å². The van der Waals surface area contributed by atoms with Crippen LogP contribution in [0.25, 0.3) is 0 Å². The number of ether oxygens (including phenoxy) is 1. The van der Waals surface area contributed by atoms with Crippen molar-refractivity contribution in [1.82, 2.24) is 14.9 Å². The molecule has 0 aromatic carbocycles. The van der Waals surface area contributed by atoms with E-state index in [0.717, 1.165) is 44.2 Å². The number of nitrogens with zero attached hydrogens (tertiary/aromatic N) is 4. The van der Waals surface area contributed by atoms with E-state index in [2.05, 4.69) is 19.8 Å². The molecule has 0 radical (unpaired) electrons. The molecule has 1 aromatic heterocycles. The van der Waals surface area contributed by atoms with Crippen molar-refractivity contribution in [2.45, 2.75) is 38.7 Å². The molecule has 3 heterocycles. The lowest BCUT2D eigenvalue weighted by atomic mass is 10.1. The smallest absolute Gasteiger partial charge is 0.225 e. The predicted octanol–water partition coefficient (Wildman–Crippen LogP) is 1.87. The maximum atomic E-state index is 6.04. The minimum absolute atomic E-state index is 0.274. The number of anilines is 1. The third-order valence-corrected chi connectivity index (χ3v) is 4.31. The second-order valence-electron chi connectivity index (χ2n) is 6.21. The highest BCUT2D eigenvalue weighted by molar-refractivity contribution is 5.30. The fourth-order valence-electron chi connectivity index (χ4n) is 3.17. The van der Waals surface area contributed by atoms with Crippen LogP contribution in [0.15, 0.2) is 12.4 Å². The third kappa shape index (κ3) is 4.14. The van der Waals surface area contributed by atoms with E-state index in [9.17, 15) is 0 Å². The Morgan fingerprint density at radius 1 is 1.10 bits per heavy atom. The third-order valence-electron chi connectivity index (χ3n) is 4.31. The Morgan fingerprint density at radius 3 is 2.62 bits per heavy atom. The molecule has 0 aliphatic carbocycles. The van der Waals surface area contributed by atoms with Gasteiger partial charge in [0.25, 0.3) is 0 Å². The Bertz CT molecular complexity index is 430. The van der Waals surface area contributed by atoms with Gasteiger partial charge in [0.1, 0.15) is 0 Å². The summed E-state index contributed by atoms with van der Waals surface area (Å²) in [4.78, 5) is 13.8. The van der Waals surface area contributed by atoms with Crippen LogP contribution in [0.1, 0.15) is 31.2 Å². The first kappa shape index (κ1) is 14.7. The zero-order valence-electron chi connectivity index (χ0n) is 13.0. The Morgan fingerprint density at radius 2 is 1.86 bits per heavy atom. The monoisotopic (exact) mass is 290 g/mol. The van der Waals surface area contributed by atoms with E-state index in [-0.39, 0.29) is 6.10 Å². The molecule has 0 bridgehead atoms. The molecule has 3 rings (SSSR count). The lowest BCUT2D eigenvalue weighted by molar-refractivity contribution is 0.0349. The van der Waals surface area contributed by atoms with Crippen molar-refractivity contribution < 1.29 is 4.74 Å². The fraction of sp³-hybridized carbons (Fsp3) is 0.750. The second kappa shape index (κ2) is 7.18. The highest BCUT2D eigenvalue weighted by atomic mass is 16.5. The largest absolute Gasteiger partial charge is 0.375 e. The molecule has 2 aliphatic heterocycles. The normalized spacial score (nSPS) is 24.8. The quantitative estimate of drug-likeness (QED) is 0.850. The molecule has 0 amide bonds. The summed E-state index contributed by atoms with van der Waals surface area (Å²) in [7, 11) is 0. The molecule has 0 unspecified atom stereocenters. The van der Waals surface area contributed by atoms with Crippen molar-refractivity contribution in [3.05, 3.63) is 18.0 Å². The van der Waals surface area contributed by atoms with Crippen LogP contribution in [0, 0.1) is 6.92 Å². The summed E-state index contributed by atoms with van der Waals surface area (Å²) in [6.07, 6.45) is 9.16. The Kier molecular flexibility index (Phi) is 5.04. The van der Waals surface area contributed by atoms with Gasteiger partial charge >= 0.3 is 0 Å². The Balaban J connectivity index is 1.61. The molecule has 5 nitrogen and oxygen atoms in total. The van der Waals surface area contributed by atoms with Crippen molar-refractivity contribution in [2.24, 2.45) is 0 Å². The Hall–Kier alpha value is -1.20. The molecule has 0 spiro atoms. The number of rotatable bonds is 3. The summed E-state index contributed by atoms with van der Waals surface area (Å²) in [5.41, 5.74) is 1.11. The van der Waals surface area contributed by atoms with E-state index >= 15 is 0 Å². The van der Waals surface area contributed by atoms with Gasteiger partial charge in [0.05, 0.1) is 6.10 Å². The van der Waals surface area contributed by atoms with Crippen LogP contribution in [0.2, 0.25) is 0 Å². The average Bonchev–Trinajstić information content (AvgIpc) is 2.75. The number of aromatic nitrogens is 2. The maximum Gasteiger partial charge on any atom is 0.225 e. The van der Waals surface area contributed by atoms with Crippen LogP contribution < -0.4 is 4.90 Å². The molecule has 1 aromatic rings. The van der Waals surface area contributed by atoms with Crippen LogP contribution in [0.5, 0.6) is 0 Å². The molecular formula is C16H26N4O. The van der Waals surface area contributed by atoms with Crippen LogP contribution in [-0.4, -0.2) is 60.3 Å². The summed E-state index contributed by atoms with van der Waals surface area (Å²) >= 11 is 0. The van der Waals surface area contributed by atoms with E-state index in [1.165, 1.54) is 32.4 Å². The van der Waals surface area contributed by atoms with E-state index in [1.54, 1.807) is 0 Å².